The second-order valence-electron chi connectivity index (χ2n) is 4.85. The molecule has 21 heavy (non-hydrogen) atoms. The molecule has 2 rings (SSSR count). The summed E-state index contributed by atoms with van der Waals surface area (Å²) < 4.78 is 0. The molecule has 1 amide bonds. The molecule has 2 unspecified atom stereocenters. The minimum absolute atomic E-state index is 0.0413. The van der Waals surface area contributed by atoms with Gasteiger partial charge in [-0.2, -0.15) is 0 Å². The lowest BCUT2D eigenvalue weighted by molar-refractivity contribution is -0.148. The maximum Gasteiger partial charge on any atom is 0.327 e. The Morgan fingerprint density at radius 3 is 2.76 bits per heavy atom. The van der Waals surface area contributed by atoms with Gasteiger partial charge in [-0.25, -0.2) is 4.79 Å². The van der Waals surface area contributed by atoms with Crippen LogP contribution in [0.2, 0.25) is 0 Å². The van der Waals surface area contributed by atoms with Gasteiger partial charge >= 0.3 is 5.97 Å². The number of hydrogen-bond acceptors (Lipinski definition) is 4. The summed E-state index contributed by atoms with van der Waals surface area (Å²) in [6.45, 7) is 1.89. The van der Waals surface area contributed by atoms with Gasteiger partial charge in [0.1, 0.15) is 6.04 Å². The molecule has 2 atom stereocenters. The summed E-state index contributed by atoms with van der Waals surface area (Å²) in [4.78, 5) is 26.1. The third kappa shape index (κ3) is 4.41. The van der Waals surface area contributed by atoms with Crippen molar-refractivity contribution in [2.75, 3.05) is 11.5 Å². The Hall–Kier alpha value is -1.14. The second kappa shape index (κ2) is 7.75. The van der Waals surface area contributed by atoms with Gasteiger partial charge in [-0.05, 0) is 31.2 Å². The van der Waals surface area contributed by atoms with Crippen molar-refractivity contribution in [1.82, 2.24) is 4.90 Å². The molecule has 1 saturated heterocycles. The van der Waals surface area contributed by atoms with Gasteiger partial charge in [-0.3, -0.25) is 4.79 Å². The summed E-state index contributed by atoms with van der Waals surface area (Å²) in [5.74, 6) is 0.400. The van der Waals surface area contributed by atoms with Gasteiger partial charge in [0.25, 0.3) is 0 Å². The van der Waals surface area contributed by atoms with Crippen LogP contribution in [0.25, 0.3) is 0 Å². The number of amides is 1. The highest BCUT2D eigenvalue weighted by Crippen LogP contribution is 2.29. The van der Waals surface area contributed by atoms with Crippen LogP contribution in [0, 0.1) is 0 Å². The second-order valence-corrected chi connectivity index (χ2v) is 7.37. The first kappa shape index (κ1) is 16.2. The number of benzene rings is 1. The molecule has 1 aromatic carbocycles. The van der Waals surface area contributed by atoms with Crippen molar-refractivity contribution in [3.63, 3.8) is 0 Å². The number of rotatable bonds is 6. The third-order valence-corrected chi connectivity index (χ3v) is 5.66. The van der Waals surface area contributed by atoms with E-state index in [9.17, 15) is 9.59 Å². The maximum absolute atomic E-state index is 12.2. The lowest BCUT2D eigenvalue weighted by Crippen LogP contribution is -2.44. The molecule has 0 aliphatic carbocycles. The molecule has 1 aliphatic heterocycles. The average molecular weight is 325 g/mol. The molecular formula is C15H19NO3S2. The third-order valence-electron chi connectivity index (χ3n) is 3.34. The molecule has 1 heterocycles. The molecule has 1 N–H and O–H groups in total. The zero-order chi connectivity index (χ0) is 15.2. The summed E-state index contributed by atoms with van der Waals surface area (Å²) in [6.07, 6.45) is 1.17. The van der Waals surface area contributed by atoms with Crippen molar-refractivity contribution < 1.29 is 14.7 Å². The fraction of sp³-hybridized carbons (Fsp3) is 0.467. The van der Waals surface area contributed by atoms with Crippen LogP contribution < -0.4 is 0 Å². The van der Waals surface area contributed by atoms with Crippen LogP contribution in [0.1, 0.15) is 19.8 Å². The molecule has 1 aromatic rings. The van der Waals surface area contributed by atoms with Crippen molar-refractivity contribution in [2.45, 2.75) is 36.1 Å². The fourth-order valence-electron chi connectivity index (χ4n) is 2.27. The van der Waals surface area contributed by atoms with Crippen molar-refractivity contribution in [1.29, 1.82) is 0 Å². The van der Waals surface area contributed by atoms with Crippen LogP contribution >= 0.6 is 23.5 Å². The van der Waals surface area contributed by atoms with Gasteiger partial charge in [-0.15, -0.1) is 23.5 Å². The van der Waals surface area contributed by atoms with E-state index in [1.807, 2.05) is 37.3 Å². The predicted octanol–water partition coefficient (Wildman–Crippen LogP) is 2.93. The Balaban J connectivity index is 1.77. The Morgan fingerprint density at radius 2 is 2.10 bits per heavy atom. The molecule has 0 saturated carbocycles. The monoisotopic (exact) mass is 325 g/mol. The molecule has 1 aliphatic rings. The van der Waals surface area contributed by atoms with Crippen molar-refractivity contribution >= 4 is 35.4 Å². The first-order valence-electron chi connectivity index (χ1n) is 6.93. The highest BCUT2D eigenvalue weighted by molar-refractivity contribution is 8.00. The number of hydrogen-bond donors (Lipinski definition) is 1. The first-order chi connectivity index (χ1) is 10.1. The lowest BCUT2D eigenvalue weighted by atomic mass is 10.2. The largest absolute Gasteiger partial charge is 0.480 e. The molecule has 114 valence electrons. The van der Waals surface area contributed by atoms with Crippen LogP contribution in [-0.2, 0) is 9.59 Å². The number of carboxylic acid groups (broad SMARTS) is 1. The zero-order valence-electron chi connectivity index (χ0n) is 11.9. The number of thioether (sulfide) groups is 2. The van der Waals surface area contributed by atoms with Crippen LogP contribution in [0.3, 0.4) is 0 Å². The molecular weight excluding hydrogens is 306 g/mol. The molecule has 0 bridgehead atoms. The Morgan fingerprint density at radius 1 is 1.38 bits per heavy atom. The quantitative estimate of drug-likeness (QED) is 0.644. The van der Waals surface area contributed by atoms with E-state index in [-0.39, 0.29) is 11.3 Å². The standard InChI is InChI=1S/C15H19NO3S2/c1-11-16(13(10-21-11)15(18)19)14(17)8-5-9-20-12-6-3-2-4-7-12/h2-4,6-7,11,13H,5,8-10H2,1H3,(H,18,19). The molecule has 0 radical (unpaired) electrons. The van der Waals surface area contributed by atoms with E-state index in [1.54, 1.807) is 11.8 Å². The van der Waals surface area contributed by atoms with Crippen LogP contribution in [-0.4, -0.2) is 44.8 Å². The van der Waals surface area contributed by atoms with Gasteiger partial charge in [-0.1, -0.05) is 18.2 Å². The van der Waals surface area contributed by atoms with E-state index in [1.165, 1.54) is 21.6 Å². The van der Waals surface area contributed by atoms with Crippen molar-refractivity contribution in [3.8, 4) is 0 Å². The molecule has 0 spiro atoms. The predicted molar refractivity (Wildman–Crippen MR) is 86.6 cm³/mol. The summed E-state index contributed by atoms with van der Waals surface area (Å²) in [5.41, 5.74) is 0. The SMILES string of the molecule is CC1SCC(C(=O)O)N1C(=O)CCCSc1ccccc1. The van der Waals surface area contributed by atoms with E-state index in [4.69, 9.17) is 5.11 Å². The Bertz CT molecular complexity index is 495. The highest BCUT2D eigenvalue weighted by atomic mass is 32.2. The van der Waals surface area contributed by atoms with Crippen molar-refractivity contribution in [3.05, 3.63) is 30.3 Å². The Kier molecular flexibility index (Phi) is 5.99. The van der Waals surface area contributed by atoms with Gasteiger partial charge in [0, 0.05) is 17.1 Å². The zero-order valence-corrected chi connectivity index (χ0v) is 13.5. The molecule has 4 nitrogen and oxygen atoms in total. The normalized spacial score (nSPS) is 21.5. The minimum atomic E-state index is -0.904. The Labute approximate surface area is 133 Å². The average Bonchev–Trinajstić information content (AvgIpc) is 2.86. The minimum Gasteiger partial charge on any atom is -0.480 e. The number of nitrogens with zero attached hydrogens (tertiary/aromatic N) is 1. The van der Waals surface area contributed by atoms with Gasteiger partial charge in [0.2, 0.25) is 5.91 Å². The highest BCUT2D eigenvalue weighted by Gasteiger charge is 2.38. The number of aliphatic carboxylic acids is 1. The van der Waals surface area contributed by atoms with Crippen LogP contribution in [0.4, 0.5) is 0 Å². The van der Waals surface area contributed by atoms with E-state index in [0.717, 1.165) is 12.2 Å². The smallest absolute Gasteiger partial charge is 0.327 e. The number of carboxylic acids is 1. The lowest BCUT2D eigenvalue weighted by Gasteiger charge is -2.25. The van der Waals surface area contributed by atoms with E-state index in [2.05, 4.69) is 0 Å². The number of carbonyl (C=O) groups excluding carboxylic acids is 1. The van der Waals surface area contributed by atoms with Crippen molar-refractivity contribution in [2.24, 2.45) is 0 Å². The molecule has 1 fully saturated rings. The summed E-state index contributed by atoms with van der Waals surface area (Å²) in [7, 11) is 0. The van der Waals surface area contributed by atoms with Gasteiger partial charge in [0.05, 0.1) is 5.37 Å². The summed E-state index contributed by atoms with van der Waals surface area (Å²) in [5, 5.41) is 9.12. The van der Waals surface area contributed by atoms with Gasteiger partial charge < -0.3 is 10.0 Å². The van der Waals surface area contributed by atoms with Crippen LogP contribution in [0.15, 0.2) is 35.2 Å². The number of carbonyl (C=O) groups is 2. The summed E-state index contributed by atoms with van der Waals surface area (Å²) >= 11 is 3.25. The van der Waals surface area contributed by atoms with Crippen LogP contribution in [0.5, 0.6) is 0 Å². The maximum atomic E-state index is 12.2. The summed E-state index contributed by atoms with van der Waals surface area (Å²) in [6, 6.07) is 9.39. The molecule has 6 heteroatoms. The van der Waals surface area contributed by atoms with E-state index < -0.39 is 12.0 Å². The first-order valence-corrected chi connectivity index (χ1v) is 8.96. The fourth-order valence-corrected chi connectivity index (χ4v) is 4.33. The van der Waals surface area contributed by atoms with E-state index in [0.29, 0.717) is 12.2 Å². The molecule has 0 aromatic heterocycles. The topological polar surface area (TPSA) is 57.6 Å². The van der Waals surface area contributed by atoms with E-state index >= 15 is 0 Å². The van der Waals surface area contributed by atoms with Gasteiger partial charge in [0.15, 0.2) is 0 Å².